The largest absolute Gasteiger partial charge is 0.573 e. The summed E-state index contributed by atoms with van der Waals surface area (Å²) >= 11 is 5.92. The Morgan fingerprint density at radius 2 is 1.61 bits per heavy atom. The molecular formula is C17H17ClF4N2O3S. The van der Waals surface area contributed by atoms with E-state index in [-0.39, 0.29) is 29.2 Å². The highest BCUT2D eigenvalue weighted by Gasteiger charge is 2.33. The third-order valence-corrected chi connectivity index (χ3v) is 6.01. The van der Waals surface area contributed by atoms with Gasteiger partial charge >= 0.3 is 6.36 Å². The number of halogens is 5. The van der Waals surface area contributed by atoms with Gasteiger partial charge in [0.2, 0.25) is 0 Å². The lowest BCUT2D eigenvalue weighted by molar-refractivity contribution is -0.274. The molecule has 0 unspecified atom stereocenters. The van der Waals surface area contributed by atoms with Crippen molar-refractivity contribution in [2.75, 3.05) is 14.1 Å². The van der Waals surface area contributed by atoms with Crippen molar-refractivity contribution in [2.24, 2.45) is 0 Å². The summed E-state index contributed by atoms with van der Waals surface area (Å²) in [6.45, 7) is -0.733. The van der Waals surface area contributed by atoms with Gasteiger partial charge < -0.3 is 4.74 Å². The van der Waals surface area contributed by atoms with E-state index >= 15 is 0 Å². The van der Waals surface area contributed by atoms with Crippen LogP contribution < -0.4 is 4.74 Å². The molecule has 2 aromatic carbocycles. The van der Waals surface area contributed by atoms with Crippen molar-refractivity contribution in [1.29, 1.82) is 0 Å². The summed E-state index contributed by atoms with van der Waals surface area (Å²) in [6.07, 6.45) is -4.91. The fourth-order valence-electron chi connectivity index (χ4n) is 2.41. The van der Waals surface area contributed by atoms with Crippen LogP contribution in [-0.2, 0) is 23.3 Å². The zero-order chi connectivity index (χ0) is 21.1. The van der Waals surface area contributed by atoms with Crippen LogP contribution in [0.15, 0.2) is 42.5 Å². The molecule has 0 heterocycles. The lowest BCUT2D eigenvalue weighted by Crippen LogP contribution is -2.39. The molecule has 0 amide bonds. The van der Waals surface area contributed by atoms with Crippen molar-refractivity contribution < 1.29 is 30.7 Å². The summed E-state index contributed by atoms with van der Waals surface area (Å²) in [5, 5.41) is 0.0635. The van der Waals surface area contributed by atoms with Crippen LogP contribution in [-0.4, -0.2) is 37.5 Å². The molecule has 11 heteroatoms. The van der Waals surface area contributed by atoms with Crippen molar-refractivity contribution in [3.8, 4) is 5.75 Å². The third kappa shape index (κ3) is 5.57. The van der Waals surface area contributed by atoms with E-state index in [1.165, 1.54) is 44.4 Å². The van der Waals surface area contributed by atoms with E-state index in [0.717, 1.165) is 20.7 Å². The van der Waals surface area contributed by atoms with Crippen LogP contribution in [0.4, 0.5) is 17.6 Å². The Hall–Kier alpha value is -1.88. The topological polar surface area (TPSA) is 49.9 Å². The van der Waals surface area contributed by atoms with Gasteiger partial charge in [0.05, 0.1) is 0 Å². The van der Waals surface area contributed by atoms with Crippen LogP contribution >= 0.6 is 11.6 Å². The monoisotopic (exact) mass is 440 g/mol. The number of rotatable bonds is 7. The van der Waals surface area contributed by atoms with E-state index in [4.69, 9.17) is 11.6 Å². The molecule has 2 rings (SSSR count). The van der Waals surface area contributed by atoms with Crippen molar-refractivity contribution in [3.63, 3.8) is 0 Å². The molecule has 0 saturated heterocycles. The average Bonchev–Trinajstić information content (AvgIpc) is 2.58. The SMILES string of the molecule is CN(Cc1ccccc1OC(F)(F)F)S(=O)(=O)N(C)Cc1c(F)cccc1Cl. The Labute approximate surface area is 165 Å². The van der Waals surface area contributed by atoms with Gasteiger partial charge in [-0.2, -0.15) is 17.0 Å². The van der Waals surface area contributed by atoms with Gasteiger partial charge in [-0.1, -0.05) is 35.9 Å². The molecule has 2 aromatic rings. The average molecular weight is 441 g/mol. The maximum Gasteiger partial charge on any atom is 0.573 e. The molecule has 28 heavy (non-hydrogen) atoms. The van der Waals surface area contributed by atoms with Gasteiger partial charge in [-0.05, 0) is 18.2 Å². The van der Waals surface area contributed by atoms with Crippen molar-refractivity contribution in [3.05, 3.63) is 64.4 Å². The summed E-state index contributed by atoms with van der Waals surface area (Å²) in [7, 11) is -1.72. The number of ether oxygens (including phenoxy) is 1. The lowest BCUT2D eigenvalue weighted by atomic mass is 10.2. The number of benzene rings is 2. The van der Waals surface area contributed by atoms with E-state index < -0.39 is 28.1 Å². The highest BCUT2D eigenvalue weighted by atomic mass is 35.5. The van der Waals surface area contributed by atoms with Crippen LogP contribution in [0.1, 0.15) is 11.1 Å². The highest BCUT2D eigenvalue weighted by molar-refractivity contribution is 7.86. The van der Waals surface area contributed by atoms with Crippen LogP contribution in [0.3, 0.4) is 0 Å². The molecular weight excluding hydrogens is 424 g/mol. The van der Waals surface area contributed by atoms with Gasteiger partial charge in [-0.3, -0.25) is 0 Å². The summed E-state index contributed by atoms with van der Waals surface area (Å²) < 4.78 is 82.5. The van der Waals surface area contributed by atoms with E-state index in [0.29, 0.717) is 0 Å². The molecule has 0 spiro atoms. The van der Waals surface area contributed by atoms with Crippen molar-refractivity contribution in [2.45, 2.75) is 19.5 Å². The molecule has 0 atom stereocenters. The molecule has 0 aliphatic rings. The number of alkyl halides is 3. The van der Waals surface area contributed by atoms with Gasteiger partial charge in [0.1, 0.15) is 11.6 Å². The highest BCUT2D eigenvalue weighted by Crippen LogP contribution is 2.28. The van der Waals surface area contributed by atoms with E-state index in [1.54, 1.807) is 0 Å². The molecule has 5 nitrogen and oxygen atoms in total. The maximum atomic E-state index is 13.9. The Morgan fingerprint density at radius 3 is 2.21 bits per heavy atom. The zero-order valence-electron chi connectivity index (χ0n) is 14.9. The minimum Gasteiger partial charge on any atom is -0.405 e. The van der Waals surface area contributed by atoms with Gasteiger partial charge in [0.15, 0.2) is 0 Å². The Kier molecular flexibility index (Phi) is 6.92. The van der Waals surface area contributed by atoms with Gasteiger partial charge in [-0.25, -0.2) is 4.39 Å². The van der Waals surface area contributed by atoms with Crippen molar-refractivity contribution >= 4 is 21.8 Å². The minimum absolute atomic E-state index is 0.00977. The Bertz CT molecular complexity index is 918. The molecule has 0 N–H and O–H groups in total. The van der Waals surface area contributed by atoms with Crippen LogP contribution in [0.25, 0.3) is 0 Å². The first-order chi connectivity index (χ1) is 12.9. The molecule has 0 radical (unpaired) electrons. The maximum absolute atomic E-state index is 13.9. The second kappa shape index (κ2) is 8.64. The fourth-order valence-corrected chi connectivity index (χ4v) is 3.70. The predicted molar refractivity (Wildman–Crippen MR) is 96.4 cm³/mol. The zero-order valence-corrected chi connectivity index (χ0v) is 16.4. The molecule has 154 valence electrons. The Morgan fingerprint density at radius 1 is 1.00 bits per heavy atom. The van der Waals surface area contributed by atoms with E-state index in [2.05, 4.69) is 4.74 Å². The Balaban J connectivity index is 2.20. The van der Waals surface area contributed by atoms with Crippen LogP contribution in [0.2, 0.25) is 5.02 Å². The molecule has 0 bridgehead atoms. The van der Waals surface area contributed by atoms with Crippen LogP contribution in [0.5, 0.6) is 5.75 Å². The van der Waals surface area contributed by atoms with E-state index in [9.17, 15) is 26.0 Å². The first-order valence-electron chi connectivity index (χ1n) is 7.86. The number of nitrogens with zero attached hydrogens (tertiary/aromatic N) is 2. The number of hydrogen-bond donors (Lipinski definition) is 0. The normalized spacial score (nSPS) is 12.6. The lowest BCUT2D eigenvalue weighted by Gasteiger charge is -2.25. The van der Waals surface area contributed by atoms with Crippen LogP contribution in [0, 0.1) is 5.82 Å². The molecule has 0 saturated carbocycles. The number of para-hydroxylation sites is 1. The predicted octanol–water partition coefficient (Wildman–Crippen LogP) is 4.19. The summed E-state index contributed by atoms with van der Waals surface area (Å²) in [5.41, 5.74) is 0.00710. The number of hydrogen-bond acceptors (Lipinski definition) is 3. The molecule has 0 aliphatic heterocycles. The van der Waals surface area contributed by atoms with Gasteiger partial charge in [0, 0.05) is 43.3 Å². The fraction of sp³-hybridized carbons (Fsp3) is 0.294. The molecule has 0 aliphatic carbocycles. The standard InChI is InChI=1S/C17H17ClF4N2O3S/c1-23(10-12-6-3-4-9-16(12)27-17(20,21)22)28(25,26)24(2)11-13-14(18)7-5-8-15(13)19/h3-9H,10-11H2,1-2H3. The molecule has 0 fully saturated rings. The second-order valence-electron chi connectivity index (χ2n) is 5.88. The van der Waals surface area contributed by atoms with Crippen molar-refractivity contribution in [1.82, 2.24) is 8.61 Å². The van der Waals surface area contributed by atoms with Gasteiger partial charge in [0.25, 0.3) is 10.2 Å². The van der Waals surface area contributed by atoms with E-state index in [1.807, 2.05) is 0 Å². The first kappa shape index (κ1) is 22.4. The summed E-state index contributed by atoms with van der Waals surface area (Å²) in [4.78, 5) is 0. The first-order valence-corrected chi connectivity index (χ1v) is 9.63. The quantitative estimate of drug-likeness (QED) is 0.607. The summed E-state index contributed by atoms with van der Waals surface area (Å²) in [5.74, 6) is -1.17. The third-order valence-electron chi connectivity index (χ3n) is 3.82. The summed E-state index contributed by atoms with van der Waals surface area (Å²) in [6, 6.07) is 9.17. The second-order valence-corrected chi connectivity index (χ2v) is 8.43. The molecule has 0 aromatic heterocycles. The minimum atomic E-state index is -4.91. The van der Waals surface area contributed by atoms with Gasteiger partial charge in [-0.15, -0.1) is 13.2 Å². The smallest absolute Gasteiger partial charge is 0.405 e.